The van der Waals surface area contributed by atoms with Gasteiger partial charge < -0.3 is 5.11 Å². The van der Waals surface area contributed by atoms with Crippen LogP contribution in [-0.2, 0) is 10.0 Å². The SMILES string of the molecule is CN(C)S(=O)(=O)CCN1CC(O)CC1c1ccc(F)cc1. The van der Waals surface area contributed by atoms with Crippen LogP contribution in [0.3, 0.4) is 0 Å². The zero-order valence-electron chi connectivity index (χ0n) is 12.2. The smallest absolute Gasteiger partial charge is 0.214 e. The summed E-state index contributed by atoms with van der Waals surface area (Å²) in [5, 5.41) is 9.85. The Morgan fingerprint density at radius 3 is 2.52 bits per heavy atom. The zero-order chi connectivity index (χ0) is 15.6. The van der Waals surface area contributed by atoms with E-state index in [1.165, 1.54) is 30.5 Å². The largest absolute Gasteiger partial charge is 0.392 e. The Morgan fingerprint density at radius 2 is 1.95 bits per heavy atom. The average molecular weight is 316 g/mol. The van der Waals surface area contributed by atoms with Crippen LogP contribution in [0, 0.1) is 5.82 Å². The van der Waals surface area contributed by atoms with E-state index >= 15 is 0 Å². The maximum Gasteiger partial charge on any atom is 0.214 e. The van der Waals surface area contributed by atoms with E-state index < -0.39 is 16.1 Å². The second kappa shape index (κ2) is 6.39. The summed E-state index contributed by atoms with van der Waals surface area (Å²) in [6.07, 6.45) is 0.0512. The minimum atomic E-state index is -3.27. The molecule has 1 aromatic carbocycles. The van der Waals surface area contributed by atoms with Gasteiger partial charge in [-0.15, -0.1) is 0 Å². The third-order valence-electron chi connectivity index (χ3n) is 3.83. The average Bonchev–Trinajstić information content (AvgIpc) is 2.78. The van der Waals surface area contributed by atoms with Gasteiger partial charge >= 0.3 is 0 Å². The summed E-state index contributed by atoms with van der Waals surface area (Å²) in [7, 11) is -0.254. The van der Waals surface area contributed by atoms with Crippen molar-refractivity contribution in [1.29, 1.82) is 0 Å². The molecule has 1 heterocycles. The topological polar surface area (TPSA) is 60.9 Å². The fourth-order valence-electron chi connectivity index (χ4n) is 2.57. The third-order valence-corrected chi connectivity index (χ3v) is 5.64. The number of nitrogens with zero attached hydrogens (tertiary/aromatic N) is 2. The number of hydrogen-bond donors (Lipinski definition) is 1. The summed E-state index contributed by atoms with van der Waals surface area (Å²) >= 11 is 0. The number of β-amino-alcohol motifs (C(OH)–C–C–N with tert-alkyl or cyclic N) is 1. The van der Waals surface area contributed by atoms with E-state index in [9.17, 15) is 17.9 Å². The highest BCUT2D eigenvalue weighted by atomic mass is 32.2. The lowest BCUT2D eigenvalue weighted by Gasteiger charge is -2.25. The Labute approximate surface area is 125 Å². The lowest BCUT2D eigenvalue weighted by molar-refractivity contribution is 0.177. The summed E-state index contributed by atoms with van der Waals surface area (Å²) in [6.45, 7) is 0.782. The Kier molecular flexibility index (Phi) is 4.98. The first kappa shape index (κ1) is 16.4. The molecule has 2 atom stereocenters. The van der Waals surface area contributed by atoms with Gasteiger partial charge in [0.25, 0.3) is 0 Å². The van der Waals surface area contributed by atoms with Crippen LogP contribution in [-0.4, -0.2) is 61.8 Å². The Balaban J connectivity index is 2.09. The van der Waals surface area contributed by atoms with Gasteiger partial charge in [0, 0.05) is 33.2 Å². The van der Waals surface area contributed by atoms with Crippen molar-refractivity contribution in [3.8, 4) is 0 Å². The maximum absolute atomic E-state index is 13.0. The van der Waals surface area contributed by atoms with Crippen molar-refractivity contribution in [2.24, 2.45) is 0 Å². The molecular formula is C14H21FN2O3S. The predicted molar refractivity (Wildman–Crippen MR) is 78.8 cm³/mol. The van der Waals surface area contributed by atoms with E-state index in [0.29, 0.717) is 19.5 Å². The van der Waals surface area contributed by atoms with Crippen molar-refractivity contribution in [3.05, 3.63) is 35.6 Å². The highest BCUT2D eigenvalue weighted by Crippen LogP contribution is 2.32. The van der Waals surface area contributed by atoms with Crippen molar-refractivity contribution in [1.82, 2.24) is 9.21 Å². The number of aliphatic hydroxyl groups is 1. The third kappa shape index (κ3) is 4.00. The normalized spacial score (nSPS) is 23.9. The quantitative estimate of drug-likeness (QED) is 0.874. The molecule has 0 aromatic heterocycles. The molecule has 0 amide bonds. The number of aliphatic hydroxyl groups excluding tert-OH is 1. The van der Waals surface area contributed by atoms with Crippen LogP contribution in [0.2, 0.25) is 0 Å². The van der Waals surface area contributed by atoms with Crippen molar-refractivity contribution < 1.29 is 17.9 Å². The van der Waals surface area contributed by atoms with Crippen molar-refractivity contribution in [2.45, 2.75) is 18.6 Å². The molecule has 1 N–H and O–H groups in total. The number of hydrogen-bond acceptors (Lipinski definition) is 4. The zero-order valence-corrected chi connectivity index (χ0v) is 13.1. The van der Waals surface area contributed by atoms with E-state index in [1.807, 2.05) is 4.90 Å². The lowest BCUT2D eigenvalue weighted by atomic mass is 10.0. The Hall–Kier alpha value is -1.02. The van der Waals surface area contributed by atoms with E-state index in [0.717, 1.165) is 5.56 Å². The van der Waals surface area contributed by atoms with Crippen LogP contribution >= 0.6 is 0 Å². The minimum absolute atomic E-state index is 0.00438. The molecule has 21 heavy (non-hydrogen) atoms. The summed E-state index contributed by atoms with van der Waals surface area (Å²) in [5.74, 6) is -0.302. The summed E-state index contributed by atoms with van der Waals surface area (Å²) in [4.78, 5) is 1.94. The Morgan fingerprint density at radius 1 is 1.33 bits per heavy atom. The number of halogens is 1. The van der Waals surface area contributed by atoms with Gasteiger partial charge in [-0.05, 0) is 24.1 Å². The molecule has 1 fully saturated rings. The van der Waals surface area contributed by atoms with Crippen LogP contribution in [0.15, 0.2) is 24.3 Å². The van der Waals surface area contributed by atoms with Crippen LogP contribution < -0.4 is 0 Å². The van der Waals surface area contributed by atoms with Gasteiger partial charge in [0.05, 0.1) is 11.9 Å². The highest BCUT2D eigenvalue weighted by Gasteiger charge is 2.32. The first-order valence-electron chi connectivity index (χ1n) is 6.87. The number of likely N-dealkylation sites (tertiary alicyclic amines) is 1. The first-order valence-corrected chi connectivity index (χ1v) is 8.48. The van der Waals surface area contributed by atoms with Gasteiger partial charge in [0.15, 0.2) is 0 Å². The molecule has 1 aliphatic heterocycles. The van der Waals surface area contributed by atoms with Gasteiger partial charge in [-0.1, -0.05) is 12.1 Å². The molecule has 5 nitrogen and oxygen atoms in total. The van der Waals surface area contributed by atoms with E-state index in [-0.39, 0.29) is 17.6 Å². The summed E-state index contributed by atoms with van der Waals surface area (Å²) in [6, 6.07) is 6.07. The van der Waals surface area contributed by atoms with E-state index in [4.69, 9.17) is 0 Å². The van der Waals surface area contributed by atoms with E-state index in [1.54, 1.807) is 12.1 Å². The molecule has 0 bridgehead atoms. The molecule has 0 saturated carbocycles. The minimum Gasteiger partial charge on any atom is -0.392 e. The highest BCUT2D eigenvalue weighted by molar-refractivity contribution is 7.89. The maximum atomic E-state index is 13.0. The molecule has 1 saturated heterocycles. The fraction of sp³-hybridized carbons (Fsp3) is 0.571. The van der Waals surface area contributed by atoms with Gasteiger partial charge in [0.2, 0.25) is 10.0 Å². The van der Waals surface area contributed by atoms with Crippen molar-refractivity contribution in [2.75, 3.05) is 32.9 Å². The van der Waals surface area contributed by atoms with Crippen molar-refractivity contribution in [3.63, 3.8) is 0 Å². The molecule has 7 heteroatoms. The van der Waals surface area contributed by atoms with Crippen molar-refractivity contribution >= 4 is 10.0 Å². The Bertz CT molecular complexity index is 574. The summed E-state index contributed by atoms with van der Waals surface area (Å²) < 4.78 is 37.9. The van der Waals surface area contributed by atoms with Gasteiger partial charge in [-0.25, -0.2) is 17.1 Å². The monoisotopic (exact) mass is 316 g/mol. The molecule has 2 unspecified atom stereocenters. The standard InChI is InChI=1S/C14H21FN2O3S/c1-16(2)21(19,20)8-7-17-10-13(18)9-14(17)11-3-5-12(15)6-4-11/h3-6,13-14,18H,7-10H2,1-2H3. The molecule has 1 aliphatic rings. The van der Waals surface area contributed by atoms with Gasteiger partial charge in [-0.2, -0.15) is 0 Å². The number of rotatable bonds is 5. The van der Waals surface area contributed by atoms with Crippen LogP contribution in [0.25, 0.3) is 0 Å². The molecule has 118 valence electrons. The van der Waals surface area contributed by atoms with Gasteiger partial charge in [-0.3, -0.25) is 4.90 Å². The molecule has 1 aromatic rings. The van der Waals surface area contributed by atoms with E-state index in [2.05, 4.69) is 0 Å². The van der Waals surface area contributed by atoms with Gasteiger partial charge in [0.1, 0.15) is 5.82 Å². The molecule has 2 rings (SSSR count). The summed E-state index contributed by atoms with van der Waals surface area (Å²) in [5.41, 5.74) is 0.898. The predicted octanol–water partition coefficient (Wildman–Crippen LogP) is 0.825. The van der Waals surface area contributed by atoms with Crippen LogP contribution in [0.1, 0.15) is 18.0 Å². The van der Waals surface area contributed by atoms with Crippen LogP contribution in [0.4, 0.5) is 4.39 Å². The fourth-order valence-corrected chi connectivity index (χ4v) is 3.40. The molecular weight excluding hydrogens is 295 g/mol. The molecule has 0 radical (unpaired) electrons. The van der Waals surface area contributed by atoms with Crippen LogP contribution in [0.5, 0.6) is 0 Å². The first-order chi connectivity index (χ1) is 9.79. The number of benzene rings is 1. The number of sulfonamides is 1. The molecule has 0 aliphatic carbocycles. The lowest BCUT2D eigenvalue weighted by Crippen LogP contribution is -2.34. The second-order valence-corrected chi connectivity index (χ2v) is 7.85. The molecule has 0 spiro atoms. The second-order valence-electron chi connectivity index (χ2n) is 5.55.